The number of rotatable bonds is 6. The third-order valence-corrected chi connectivity index (χ3v) is 3.00. The van der Waals surface area contributed by atoms with Crippen molar-refractivity contribution in [3.63, 3.8) is 0 Å². The van der Waals surface area contributed by atoms with E-state index in [0.717, 1.165) is 5.56 Å². The first-order valence-electron chi connectivity index (χ1n) is 6.41. The number of carbonyl (C=O) groups is 2. The van der Waals surface area contributed by atoms with E-state index in [1.54, 1.807) is 7.05 Å². The first kappa shape index (κ1) is 15.2. The van der Waals surface area contributed by atoms with Crippen molar-refractivity contribution in [2.45, 2.75) is 33.1 Å². The number of carboxylic acids is 1. The molecule has 0 atom stereocenters. The van der Waals surface area contributed by atoms with E-state index in [4.69, 9.17) is 5.11 Å². The van der Waals surface area contributed by atoms with E-state index in [2.05, 4.69) is 18.2 Å². The molecule has 0 radical (unpaired) electrons. The van der Waals surface area contributed by atoms with Crippen LogP contribution in [0.2, 0.25) is 0 Å². The number of carbonyl (C=O) groups excluding carboxylic acids is 1. The van der Waals surface area contributed by atoms with Crippen LogP contribution in [0.1, 0.15) is 29.5 Å². The molecule has 0 bridgehead atoms. The van der Waals surface area contributed by atoms with Crippen LogP contribution >= 0.6 is 0 Å². The number of aryl methyl sites for hydroxylation is 3. The summed E-state index contributed by atoms with van der Waals surface area (Å²) in [7, 11) is 1.65. The lowest BCUT2D eigenvalue weighted by Gasteiger charge is -2.16. The molecule has 0 unspecified atom stereocenters. The van der Waals surface area contributed by atoms with Gasteiger partial charge in [-0.25, -0.2) is 0 Å². The molecule has 1 amide bonds. The summed E-state index contributed by atoms with van der Waals surface area (Å²) >= 11 is 0. The summed E-state index contributed by atoms with van der Waals surface area (Å²) < 4.78 is 0. The second-order valence-electron chi connectivity index (χ2n) is 4.95. The van der Waals surface area contributed by atoms with Crippen LogP contribution in [0.4, 0.5) is 0 Å². The lowest BCUT2D eigenvalue weighted by molar-refractivity contribution is -0.138. The fraction of sp³-hybridized carbons (Fsp3) is 0.467. The van der Waals surface area contributed by atoms with E-state index in [0.29, 0.717) is 12.8 Å². The van der Waals surface area contributed by atoms with Crippen LogP contribution < -0.4 is 0 Å². The predicted octanol–water partition coefficient (Wildman–Crippen LogP) is 2.17. The average molecular weight is 263 g/mol. The van der Waals surface area contributed by atoms with Gasteiger partial charge in [-0.1, -0.05) is 29.3 Å². The van der Waals surface area contributed by atoms with Crippen molar-refractivity contribution >= 4 is 11.9 Å². The second kappa shape index (κ2) is 6.92. The fourth-order valence-corrected chi connectivity index (χ4v) is 2.04. The van der Waals surface area contributed by atoms with Gasteiger partial charge in [0.25, 0.3) is 0 Å². The van der Waals surface area contributed by atoms with Gasteiger partial charge in [0.2, 0.25) is 5.91 Å². The van der Waals surface area contributed by atoms with Crippen LogP contribution in [0.3, 0.4) is 0 Å². The molecule has 0 aliphatic rings. The van der Waals surface area contributed by atoms with Crippen molar-refractivity contribution < 1.29 is 14.7 Å². The summed E-state index contributed by atoms with van der Waals surface area (Å²) in [5.74, 6) is -0.894. The summed E-state index contributed by atoms with van der Waals surface area (Å²) in [6.07, 6.45) is 1.10. The molecule has 0 aromatic heterocycles. The van der Waals surface area contributed by atoms with Gasteiger partial charge < -0.3 is 10.0 Å². The minimum Gasteiger partial charge on any atom is -0.481 e. The maximum absolute atomic E-state index is 11.8. The summed E-state index contributed by atoms with van der Waals surface area (Å²) in [4.78, 5) is 23.8. The second-order valence-corrected chi connectivity index (χ2v) is 4.95. The van der Waals surface area contributed by atoms with Crippen molar-refractivity contribution in [1.29, 1.82) is 0 Å². The number of carboxylic acid groups (broad SMARTS) is 1. The Balaban J connectivity index is 2.47. The smallest absolute Gasteiger partial charge is 0.305 e. The summed E-state index contributed by atoms with van der Waals surface area (Å²) in [5, 5.41) is 8.58. The molecule has 4 heteroatoms. The topological polar surface area (TPSA) is 57.6 Å². The fourth-order valence-electron chi connectivity index (χ4n) is 2.04. The zero-order valence-electron chi connectivity index (χ0n) is 11.8. The van der Waals surface area contributed by atoms with Crippen molar-refractivity contribution in [3.8, 4) is 0 Å². The quantitative estimate of drug-likeness (QED) is 0.855. The van der Waals surface area contributed by atoms with Gasteiger partial charge in [-0.15, -0.1) is 0 Å². The zero-order chi connectivity index (χ0) is 14.4. The van der Waals surface area contributed by atoms with Crippen LogP contribution in [-0.2, 0) is 16.0 Å². The molecule has 104 valence electrons. The molecule has 0 saturated heterocycles. The van der Waals surface area contributed by atoms with E-state index in [1.165, 1.54) is 16.0 Å². The minimum absolute atomic E-state index is 0.00814. The van der Waals surface area contributed by atoms with E-state index < -0.39 is 5.97 Å². The van der Waals surface area contributed by atoms with E-state index >= 15 is 0 Å². The molecule has 0 spiro atoms. The Bertz CT molecular complexity index is 448. The molecule has 0 fully saturated rings. The Labute approximate surface area is 114 Å². The van der Waals surface area contributed by atoms with E-state index in [1.807, 2.05) is 13.8 Å². The zero-order valence-corrected chi connectivity index (χ0v) is 11.8. The highest BCUT2D eigenvalue weighted by molar-refractivity contribution is 5.77. The number of amides is 1. The molecule has 1 aromatic rings. The summed E-state index contributed by atoms with van der Waals surface area (Å²) in [6, 6.07) is 6.26. The Morgan fingerprint density at radius 3 is 2.21 bits per heavy atom. The van der Waals surface area contributed by atoms with E-state index in [9.17, 15) is 9.59 Å². The number of aliphatic carboxylic acids is 1. The molecule has 0 aliphatic carbocycles. The van der Waals surface area contributed by atoms with Gasteiger partial charge in [0.05, 0.1) is 6.42 Å². The number of nitrogens with zero attached hydrogens (tertiary/aromatic N) is 1. The van der Waals surface area contributed by atoms with Gasteiger partial charge in [-0.05, 0) is 25.8 Å². The highest BCUT2D eigenvalue weighted by atomic mass is 16.4. The molecule has 1 rings (SSSR count). The van der Waals surface area contributed by atoms with Crippen LogP contribution in [0, 0.1) is 13.8 Å². The van der Waals surface area contributed by atoms with Crippen molar-refractivity contribution in [2.75, 3.05) is 13.6 Å². The third kappa shape index (κ3) is 5.55. The monoisotopic (exact) mass is 263 g/mol. The number of hydrogen-bond donors (Lipinski definition) is 1. The Hall–Kier alpha value is -1.84. The van der Waals surface area contributed by atoms with Crippen LogP contribution in [0.25, 0.3) is 0 Å². The Morgan fingerprint density at radius 2 is 1.68 bits per heavy atom. The number of benzene rings is 1. The van der Waals surface area contributed by atoms with Gasteiger partial charge in [0, 0.05) is 20.0 Å². The highest BCUT2D eigenvalue weighted by Gasteiger charge is 2.10. The van der Waals surface area contributed by atoms with Crippen LogP contribution in [0.15, 0.2) is 18.2 Å². The van der Waals surface area contributed by atoms with Crippen LogP contribution in [0.5, 0.6) is 0 Å². The van der Waals surface area contributed by atoms with Gasteiger partial charge in [0.1, 0.15) is 0 Å². The predicted molar refractivity (Wildman–Crippen MR) is 74.1 cm³/mol. The van der Waals surface area contributed by atoms with Crippen LogP contribution in [-0.4, -0.2) is 35.5 Å². The summed E-state index contributed by atoms with van der Waals surface area (Å²) in [5.41, 5.74) is 3.54. The van der Waals surface area contributed by atoms with Crippen molar-refractivity contribution in [1.82, 2.24) is 4.90 Å². The lowest BCUT2D eigenvalue weighted by Crippen LogP contribution is -2.29. The Morgan fingerprint density at radius 1 is 1.11 bits per heavy atom. The maximum atomic E-state index is 11.8. The molecular formula is C15H21NO3. The van der Waals surface area contributed by atoms with Gasteiger partial charge in [0.15, 0.2) is 0 Å². The molecule has 19 heavy (non-hydrogen) atoms. The highest BCUT2D eigenvalue weighted by Crippen LogP contribution is 2.11. The van der Waals surface area contributed by atoms with Crippen molar-refractivity contribution in [2.24, 2.45) is 0 Å². The molecular weight excluding hydrogens is 242 g/mol. The van der Waals surface area contributed by atoms with Gasteiger partial charge in [-0.3, -0.25) is 9.59 Å². The standard InChI is InChI=1S/C15H21NO3/c1-11-8-12(2)10-13(9-11)4-5-14(17)16(3)7-6-15(18)19/h8-10H,4-7H2,1-3H3,(H,18,19). The molecule has 4 nitrogen and oxygen atoms in total. The molecule has 1 aromatic carbocycles. The molecule has 0 heterocycles. The first-order valence-corrected chi connectivity index (χ1v) is 6.41. The Kier molecular flexibility index (Phi) is 5.55. The van der Waals surface area contributed by atoms with Gasteiger partial charge >= 0.3 is 5.97 Å². The molecule has 1 N–H and O–H groups in total. The van der Waals surface area contributed by atoms with Gasteiger partial charge in [-0.2, -0.15) is 0 Å². The average Bonchev–Trinajstić information content (AvgIpc) is 2.31. The third-order valence-electron chi connectivity index (χ3n) is 3.00. The molecule has 0 aliphatic heterocycles. The number of hydrogen-bond acceptors (Lipinski definition) is 2. The lowest BCUT2D eigenvalue weighted by atomic mass is 10.0. The largest absolute Gasteiger partial charge is 0.481 e. The normalized spacial score (nSPS) is 10.3. The first-order chi connectivity index (χ1) is 8.88. The maximum Gasteiger partial charge on any atom is 0.305 e. The minimum atomic E-state index is -0.881. The summed E-state index contributed by atoms with van der Waals surface area (Å²) in [6.45, 7) is 4.34. The molecule has 0 saturated carbocycles. The SMILES string of the molecule is Cc1cc(C)cc(CCC(=O)N(C)CCC(=O)O)c1. The van der Waals surface area contributed by atoms with E-state index in [-0.39, 0.29) is 18.9 Å². The van der Waals surface area contributed by atoms with Crippen molar-refractivity contribution in [3.05, 3.63) is 34.9 Å².